The summed E-state index contributed by atoms with van der Waals surface area (Å²) in [6, 6.07) is 6.65. The first-order valence-corrected chi connectivity index (χ1v) is 3.38. The minimum Gasteiger partial charge on any atom is -0.497 e. The van der Waals surface area contributed by atoms with Crippen LogP contribution in [0.1, 0.15) is 5.56 Å². The fourth-order valence-electron chi connectivity index (χ4n) is 0.860. The maximum absolute atomic E-state index is 5.08. The van der Waals surface area contributed by atoms with E-state index >= 15 is 0 Å². The molecule has 1 aromatic carbocycles. The Morgan fingerprint density at radius 2 is 2.00 bits per heavy atom. The smallest absolute Gasteiger partial charge is 0.126 e. The molecule has 0 amide bonds. The van der Waals surface area contributed by atoms with Gasteiger partial charge in [0.1, 0.15) is 11.5 Å². The van der Waals surface area contributed by atoms with Gasteiger partial charge in [-0.05, 0) is 24.6 Å². The Labute approximate surface area is 66.8 Å². The number of aryl methyl sites for hydroxylation is 1. The molecule has 0 aliphatic heterocycles. The van der Waals surface area contributed by atoms with E-state index in [0.717, 1.165) is 17.1 Å². The average molecular weight is 151 g/mol. The van der Waals surface area contributed by atoms with Crippen molar-refractivity contribution in [2.45, 2.75) is 6.92 Å². The van der Waals surface area contributed by atoms with Crippen LogP contribution in [0, 0.1) is 13.0 Å². The van der Waals surface area contributed by atoms with Crippen LogP contribution in [-0.2, 0) is 0 Å². The van der Waals surface area contributed by atoms with Crippen molar-refractivity contribution in [1.82, 2.24) is 0 Å². The number of hydrogen-bond donors (Lipinski definition) is 0. The maximum Gasteiger partial charge on any atom is 0.126 e. The fraction of sp³-hybridized carbons (Fsp3) is 0.333. The van der Waals surface area contributed by atoms with E-state index in [1.807, 2.05) is 13.0 Å². The van der Waals surface area contributed by atoms with Crippen molar-refractivity contribution in [2.75, 3.05) is 14.2 Å². The lowest BCUT2D eigenvalue weighted by Crippen LogP contribution is -1.89. The van der Waals surface area contributed by atoms with Gasteiger partial charge in [-0.15, -0.1) is 0 Å². The molecule has 0 N–H and O–H groups in total. The zero-order chi connectivity index (χ0) is 8.27. The predicted octanol–water partition coefficient (Wildman–Crippen LogP) is 1.81. The molecule has 0 aromatic heterocycles. The third-order valence-electron chi connectivity index (χ3n) is 1.53. The van der Waals surface area contributed by atoms with Gasteiger partial charge in [-0.2, -0.15) is 0 Å². The van der Waals surface area contributed by atoms with Crippen LogP contribution in [0.4, 0.5) is 0 Å². The highest BCUT2D eigenvalue weighted by molar-refractivity contribution is 5.38. The fourth-order valence-corrected chi connectivity index (χ4v) is 0.860. The Morgan fingerprint density at radius 3 is 2.55 bits per heavy atom. The van der Waals surface area contributed by atoms with E-state index in [1.54, 1.807) is 20.3 Å². The third kappa shape index (κ3) is 1.64. The van der Waals surface area contributed by atoms with E-state index < -0.39 is 0 Å². The van der Waals surface area contributed by atoms with Crippen molar-refractivity contribution in [3.8, 4) is 11.5 Å². The second-order valence-corrected chi connectivity index (χ2v) is 2.23. The predicted molar refractivity (Wildman–Crippen MR) is 43.1 cm³/mol. The quantitative estimate of drug-likeness (QED) is 0.641. The molecule has 11 heavy (non-hydrogen) atoms. The first-order chi connectivity index (χ1) is 5.27. The summed E-state index contributed by atoms with van der Waals surface area (Å²) >= 11 is 0. The monoisotopic (exact) mass is 151 g/mol. The van der Waals surface area contributed by atoms with E-state index in [9.17, 15) is 0 Å². The minimum atomic E-state index is 0.771. The highest BCUT2D eigenvalue weighted by Crippen LogP contribution is 2.22. The number of hydrogen-bond acceptors (Lipinski definition) is 2. The van der Waals surface area contributed by atoms with Gasteiger partial charge >= 0.3 is 0 Å². The van der Waals surface area contributed by atoms with Gasteiger partial charge in [0.2, 0.25) is 0 Å². The Bertz CT molecular complexity index is 243. The molecule has 0 aliphatic rings. The Kier molecular flexibility index (Phi) is 2.36. The molecule has 59 valence electrons. The lowest BCUT2D eigenvalue weighted by Gasteiger charge is -2.05. The molecule has 0 atom stereocenters. The van der Waals surface area contributed by atoms with Crippen molar-refractivity contribution in [3.05, 3.63) is 23.8 Å². The second kappa shape index (κ2) is 3.28. The molecule has 0 saturated heterocycles. The average Bonchev–Trinajstić information content (AvgIpc) is 2.05. The Hall–Kier alpha value is -1.18. The van der Waals surface area contributed by atoms with Gasteiger partial charge in [-0.3, -0.25) is 0 Å². The molecule has 0 unspecified atom stereocenters. The Morgan fingerprint density at radius 1 is 1.27 bits per heavy atom. The minimum absolute atomic E-state index is 0.771. The molecule has 2 nitrogen and oxygen atoms in total. The summed E-state index contributed by atoms with van der Waals surface area (Å²) < 4.78 is 10.1. The first-order valence-electron chi connectivity index (χ1n) is 3.38. The summed E-state index contributed by atoms with van der Waals surface area (Å²) in [6.45, 7) is 1.94. The summed E-state index contributed by atoms with van der Waals surface area (Å²) in [6.07, 6.45) is 0. The van der Waals surface area contributed by atoms with Crippen LogP contribution < -0.4 is 9.47 Å². The van der Waals surface area contributed by atoms with Crippen molar-refractivity contribution in [3.63, 3.8) is 0 Å². The summed E-state index contributed by atoms with van der Waals surface area (Å²) in [4.78, 5) is 0. The summed E-state index contributed by atoms with van der Waals surface area (Å²) in [5.74, 6) is 1.58. The maximum atomic E-state index is 5.08. The normalized spacial score (nSPS) is 9.36. The van der Waals surface area contributed by atoms with E-state index in [1.165, 1.54) is 0 Å². The third-order valence-corrected chi connectivity index (χ3v) is 1.53. The summed E-state index contributed by atoms with van der Waals surface area (Å²) in [5, 5.41) is 0. The molecule has 1 rings (SSSR count). The van der Waals surface area contributed by atoms with E-state index in [-0.39, 0.29) is 0 Å². The van der Waals surface area contributed by atoms with Gasteiger partial charge in [-0.1, -0.05) is 0 Å². The van der Waals surface area contributed by atoms with Gasteiger partial charge < -0.3 is 9.47 Å². The molecule has 0 aliphatic carbocycles. The number of ether oxygens (including phenoxy) is 2. The van der Waals surface area contributed by atoms with Crippen LogP contribution in [0.25, 0.3) is 0 Å². The van der Waals surface area contributed by atoms with Crippen molar-refractivity contribution < 1.29 is 9.47 Å². The van der Waals surface area contributed by atoms with E-state index in [4.69, 9.17) is 9.47 Å². The summed E-state index contributed by atoms with van der Waals surface area (Å²) in [5.41, 5.74) is 0.994. The SMILES string of the molecule is COc1c[c]c(C)c(OC)c1. The van der Waals surface area contributed by atoms with Crippen molar-refractivity contribution in [1.29, 1.82) is 0 Å². The van der Waals surface area contributed by atoms with Gasteiger partial charge in [0.05, 0.1) is 14.2 Å². The molecule has 1 aromatic rings. The zero-order valence-corrected chi connectivity index (χ0v) is 6.97. The molecule has 2 heteroatoms. The molecular weight excluding hydrogens is 140 g/mol. The van der Waals surface area contributed by atoms with E-state index in [0.29, 0.717) is 0 Å². The van der Waals surface area contributed by atoms with Crippen LogP contribution in [0.2, 0.25) is 0 Å². The van der Waals surface area contributed by atoms with Crippen LogP contribution in [0.5, 0.6) is 11.5 Å². The second-order valence-electron chi connectivity index (χ2n) is 2.23. The molecular formula is C9H11O2. The Balaban J connectivity index is 3.02. The first kappa shape index (κ1) is 7.92. The van der Waals surface area contributed by atoms with Crippen LogP contribution >= 0.6 is 0 Å². The van der Waals surface area contributed by atoms with Gasteiger partial charge in [0.25, 0.3) is 0 Å². The number of methoxy groups -OCH3 is 2. The molecule has 0 fully saturated rings. The zero-order valence-electron chi connectivity index (χ0n) is 6.97. The highest BCUT2D eigenvalue weighted by Gasteiger charge is 1.98. The van der Waals surface area contributed by atoms with Gasteiger partial charge in [0.15, 0.2) is 0 Å². The van der Waals surface area contributed by atoms with Crippen molar-refractivity contribution in [2.24, 2.45) is 0 Å². The molecule has 0 bridgehead atoms. The highest BCUT2D eigenvalue weighted by atomic mass is 16.5. The van der Waals surface area contributed by atoms with Crippen LogP contribution in [0.15, 0.2) is 12.1 Å². The van der Waals surface area contributed by atoms with Crippen molar-refractivity contribution >= 4 is 0 Å². The molecule has 0 saturated carbocycles. The largest absolute Gasteiger partial charge is 0.497 e. The van der Waals surface area contributed by atoms with E-state index in [2.05, 4.69) is 6.07 Å². The lowest BCUT2D eigenvalue weighted by molar-refractivity contribution is 0.392. The number of rotatable bonds is 2. The van der Waals surface area contributed by atoms with Crippen LogP contribution in [-0.4, -0.2) is 14.2 Å². The summed E-state index contributed by atoms with van der Waals surface area (Å²) in [7, 11) is 3.26. The molecule has 0 heterocycles. The van der Waals surface area contributed by atoms with Crippen LogP contribution in [0.3, 0.4) is 0 Å². The topological polar surface area (TPSA) is 18.5 Å². The van der Waals surface area contributed by atoms with Gasteiger partial charge in [0, 0.05) is 6.07 Å². The standard InChI is InChI=1S/C9H11O2/c1-7-4-5-8(10-2)6-9(7)11-3/h5-6H,1-3H3. The number of benzene rings is 1. The lowest BCUT2D eigenvalue weighted by atomic mass is 10.2. The van der Waals surface area contributed by atoms with Gasteiger partial charge in [-0.25, -0.2) is 0 Å². The molecule has 1 radical (unpaired) electrons. The molecule has 0 spiro atoms.